The maximum Gasteiger partial charge on any atom is 0.260 e. The summed E-state index contributed by atoms with van der Waals surface area (Å²) in [7, 11) is -2.17. The number of anilines is 1. The lowest BCUT2D eigenvalue weighted by atomic mass is 10.2. The largest absolute Gasteiger partial charge is 0.467 e. The highest BCUT2D eigenvalue weighted by Crippen LogP contribution is 2.34. The molecule has 1 fully saturated rings. The number of aromatic nitrogens is 1. The number of hydrogen-bond donors (Lipinski definition) is 0. The molecule has 5 rings (SSSR count). The molecule has 0 spiro atoms. The SMILES string of the molecule is Cc1cc(Cl)cc2sc(N(Cc3ccco3)C(=O)c3ccc(S(=O)(=O)N(C)CC4CCCO4)cc3)nc12. The van der Waals surface area contributed by atoms with Gasteiger partial charge < -0.3 is 9.15 Å². The first-order valence-electron chi connectivity index (χ1n) is 11.8. The normalized spacial score (nSPS) is 16.1. The fourth-order valence-corrected chi connectivity index (χ4v) is 6.94. The van der Waals surface area contributed by atoms with E-state index in [2.05, 4.69) is 0 Å². The van der Waals surface area contributed by atoms with E-state index in [9.17, 15) is 13.2 Å². The lowest BCUT2D eigenvalue weighted by molar-refractivity contribution is 0.0978. The number of hydrogen-bond acceptors (Lipinski definition) is 7. The molecule has 1 aliphatic heterocycles. The molecule has 11 heteroatoms. The van der Waals surface area contributed by atoms with E-state index in [4.69, 9.17) is 25.7 Å². The van der Waals surface area contributed by atoms with Crippen LogP contribution < -0.4 is 4.90 Å². The summed E-state index contributed by atoms with van der Waals surface area (Å²) in [5, 5.41) is 1.10. The van der Waals surface area contributed by atoms with Crippen LogP contribution in [0, 0.1) is 6.92 Å². The molecule has 37 heavy (non-hydrogen) atoms. The van der Waals surface area contributed by atoms with Crippen molar-refractivity contribution in [1.82, 2.24) is 9.29 Å². The lowest BCUT2D eigenvalue weighted by Gasteiger charge is -2.21. The highest BCUT2D eigenvalue weighted by atomic mass is 35.5. The zero-order chi connectivity index (χ0) is 26.2. The van der Waals surface area contributed by atoms with Crippen LogP contribution in [0.2, 0.25) is 5.02 Å². The number of rotatable bonds is 8. The average Bonchev–Trinajstić information content (AvgIpc) is 3.64. The lowest BCUT2D eigenvalue weighted by Crippen LogP contribution is -2.34. The highest BCUT2D eigenvalue weighted by Gasteiger charge is 2.27. The molecule has 1 amide bonds. The van der Waals surface area contributed by atoms with E-state index in [0.717, 1.165) is 28.6 Å². The minimum atomic E-state index is -3.72. The second kappa shape index (κ2) is 10.5. The van der Waals surface area contributed by atoms with E-state index in [1.807, 2.05) is 19.1 Å². The number of nitrogens with zero attached hydrogens (tertiary/aromatic N) is 3. The molecule has 0 N–H and O–H groups in total. The molecule has 1 atom stereocenters. The summed E-state index contributed by atoms with van der Waals surface area (Å²) in [5.41, 5.74) is 2.02. The molecule has 4 aromatic rings. The Balaban J connectivity index is 1.43. The van der Waals surface area contributed by atoms with Crippen LogP contribution >= 0.6 is 22.9 Å². The number of likely N-dealkylation sites (N-methyl/N-ethyl adjacent to an activating group) is 1. The average molecular weight is 560 g/mol. The van der Waals surface area contributed by atoms with Gasteiger partial charge in [0.15, 0.2) is 5.13 Å². The van der Waals surface area contributed by atoms with Crippen LogP contribution in [0.3, 0.4) is 0 Å². The van der Waals surface area contributed by atoms with Crippen LogP contribution in [-0.2, 0) is 21.3 Å². The Morgan fingerprint density at radius 2 is 2.00 bits per heavy atom. The van der Waals surface area contributed by atoms with Crippen LogP contribution in [0.25, 0.3) is 10.2 Å². The number of benzene rings is 2. The molecule has 194 valence electrons. The quantitative estimate of drug-likeness (QED) is 0.283. The van der Waals surface area contributed by atoms with Gasteiger partial charge in [-0.3, -0.25) is 9.69 Å². The van der Waals surface area contributed by atoms with Crippen LogP contribution in [0.5, 0.6) is 0 Å². The monoisotopic (exact) mass is 559 g/mol. The van der Waals surface area contributed by atoms with Crippen molar-refractivity contribution < 1.29 is 22.4 Å². The Bertz CT molecular complexity index is 1510. The number of sulfonamides is 1. The standard InChI is InChI=1S/C26H26ClN3O5S2/c1-17-13-19(27)14-23-24(17)28-26(36-23)30(16-21-6-4-12-35-21)25(31)18-7-9-22(10-8-18)37(32,33)29(2)15-20-5-3-11-34-20/h4,6-10,12-14,20H,3,5,11,15-16H2,1-2H3. The van der Waals surface area contributed by atoms with Crippen LogP contribution in [0.1, 0.15) is 34.5 Å². The molecule has 0 saturated carbocycles. The van der Waals surface area contributed by atoms with Crippen molar-refractivity contribution in [2.75, 3.05) is 25.1 Å². The molecule has 0 radical (unpaired) electrons. The van der Waals surface area contributed by atoms with E-state index in [-0.39, 0.29) is 23.5 Å². The van der Waals surface area contributed by atoms with Gasteiger partial charge in [0.25, 0.3) is 5.91 Å². The minimum absolute atomic E-state index is 0.0943. The predicted molar refractivity (Wildman–Crippen MR) is 144 cm³/mol. The number of halogens is 1. The number of furan rings is 1. The van der Waals surface area contributed by atoms with E-state index < -0.39 is 10.0 Å². The third-order valence-corrected chi connectivity index (χ3v) is 9.38. The molecule has 1 aliphatic rings. The van der Waals surface area contributed by atoms with Crippen molar-refractivity contribution in [3.05, 3.63) is 76.7 Å². The first-order chi connectivity index (χ1) is 17.7. The van der Waals surface area contributed by atoms with E-state index in [1.54, 1.807) is 25.4 Å². The van der Waals surface area contributed by atoms with Gasteiger partial charge in [0.05, 0.1) is 34.0 Å². The molecule has 2 aromatic carbocycles. The highest BCUT2D eigenvalue weighted by molar-refractivity contribution is 7.89. The van der Waals surface area contributed by atoms with Gasteiger partial charge in [0, 0.05) is 30.8 Å². The first kappa shape index (κ1) is 25.9. The fraction of sp³-hybridized carbons (Fsp3) is 0.308. The summed E-state index contributed by atoms with van der Waals surface area (Å²) in [6.45, 7) is 3.04. The molecule has 1 saturated heterocycles. The van der Waals surface area contributed by atoms with Crippen molar-refractivity contribution in [3.8, 4) is 0 Å². The Labute approximate surface area is 224 Å². The van der Waals surface area contributed by atoms with Gasteiger partial charge in [-0.1, -0.05) is 22.9 Å². The third kappa shape index (κ3) is 5.44. The summed E-state index contributed by atoms with van der Waals surface area (Å²) in [5.74, 6) is 0.271. The topological polar surface area (TPSA) is 93.0 Å². The van der Waals surface area contributed by atoms with Crippen LogP contribution in [-0.4, -0.2) is 49.9 Å². The second-order valence-electron chi connectivity index (χ2n) is 8.98. The van der Waals surface area contributed by atoms with Crippen molar-refractivity contribution in [2.45, 2.75) is 37.3 Å². The number of carbonyl (C=O) groups is 1. The summed E-state index contributed by atoms with van der Waals surface area (Å²) >= 11 is 7.59. The minimum Gasteiger partial charge on any atom is -0.467 e. The molecular weight excluding hydrogens is 534 g/mol. The van der Waals surface area contributed by atoms with Gasteiger partial charge in [-0.05, 0) is 73.9 Å². The van der Waals surface area contributed by atoms with Gasteiger partial charge in [0.2, 0.25) is 10.0 Å². The smallest absolute Gasteiger partial charge is 0.260 e. The maximum absolute atomic E-state index is 13.7. The Hall–Kier alpha value is -2.76. The summed E-state index contributed by atoms with van der Waals surface area (Å²) in [6.07, 6.45) is 3.23. The van der Waals surface area contributed by atoms with Gasteiger partial charge in [0.1, 0.15) is 5.76 Å². The molecule has 3 heterocycles. The van der Waals surface area contributed by atoms with Gasteiger partial charge in [-0.2, -0.15) is 4.31 Å². The molecule has 0 bridgehead atoms. The molecule has 2 aromatic heterocycles. The number of amides is 1. The predicted octanol–water partition coefficient (Wildman–Crippen LogP) is 5.50. The van der Waals surface area contributed by atoms with E-state index >= 15 is 0 Å². The number of ether oxygens (including phenoxy) is 1. The molecule has 0 aliphatic carbocycles. The van der Waals surface area contributed by atoms with Crippen molar-refractivity contribution in [2.24, 2.45) is 0 Å². The van der Waals surface area contributed by atoms with Crippen molar-refractivity contribution in [1.29, 1.82) is 0 Å². The summed E-state index contributed by atoms with van der Waals surface area (Å²) < 4.78 is 39.4. The second-order valence-corrected chi connectivity index (χ2v) is 12.5. The Kier molecular flexibility index (Phi) is 7.37. The van der Waals surface area contributed by atoms with Crippen LogP contribution in [0.15, 0.2) is 64.1 Å². The number of thiazole rings is 1. The maximum atomic E-state index is 13.7. The van der Waals surface area contributed by atoms with Gasteiger partial charge in [-0.25, -0.2) is 13.4 Å². The fourth-order valence-electron chi connectivity index (χ4n) is 4.32. The number of aryl methyl sites for hydroxylation is 1. The van der Waals surface area contributed by atoms with Gasteiger partial charge >= 0.3 is 0 Å². The zero-order valence-corrected chi connectivity index (χ0v) is 22.8. The molecule has 1 unspecified atom stereocenters. The number of carbonyl (C=O) groups excluding carboxylic acids is 1. The summed E-state index contributed by atoms with van der Waals surface area (Å²) in [6, 6.07) is 13.2. The third-order valence-electron chi connectivity index (χ3n) is 6.30. The van der Waals surface area contributed by atoms with Crippen LogP contribution in [0.4, 0.5) is 5.13 Å². The first-order valence-corrected chi connectivity index (χ1v) is 14.4. The Morgan fingerprint density at radius 3 is 2.68 bits per heavy atom. The van der Waals surface area contributed by atoms with Crippen molar-refractivity contribution >= 4 is 54.2 Å². The molecule has 8 nitrogen and oxygen atoms in total. The van der Waals surface area contributed by atoms with Crippen molar-refractivity contribution in [3.63, 3.8) is 0 Å². The summed E-state index contributed by atoms with van der Waals surface area (Å²) in [4.78, 5) is 20.0. The number of fused-ring (bicyclic) bond motifs is 1. The Morgan fingerprint density at radius 1 is 1.22 bits per heavy atom. The molecular formula is C26H26ClN3O5S2. The zero-order valence-electron chi connectivity index (χ0n) is 20.4. The van der Waals surface area contributed by atoms with E-state index in [0.29, 0.717) is 34.6 Å². The van der Waals surface area contributed by atoms with E-state index in [1.165, 1.54) is 44.8 Å². The van der Waals surface area contributed by atoms with Gasteiger partial charge in [-0.15, -0.1) is 0 Å².